The Morgan fingerprint density at radius 1 is 1.40 bits per heavy atom. The van der Waals surface area contributed by atoms with Gasteiger partial charge in [0.1, 0.15) is 6.61 Å². The van der Waals surface area contributed by atoms with E-state index in [2.05, 4.69) is 5.32 Å². The Kier molecular flexibility index (Phi) is 6.09. The molecule has 1 aliphatic rings. The van der Waals surface area contributed by atoms with Crippen molar-refractivity contribution in [3.05, 3.63) is 12.2 Å². The number of rotatable bonds is 5. The van der Waals surface area contributed by atoms with Gasteiger partial charge in [-0.2, -0.15) is 0 Å². The lowest BCUT2D eigenvalue weighted by molar-refractivity contribution is -0.126. The molecule has 0 radical (unpaired) electrons. The van der Waals surface area contributed by atoms with Crippen LogP contribution in [0.3, 0.4) is 0 Å². The molecular weight excluding hydrogens is 190 g/mol. The van der Waals surface area contributed by atoms with E-state index in [1.165, 1.54) is 19.3 Å². The van der Waals surface area contributed by atoms with Gasteiger partial charge < -0.3 is 10.1 Å². The molecule has 0 aromatic rings. The van der Waals surface area contributed by atoms with Crippen molar-refractivity contribution in [3.63, 3.8) is 0 Å². The van der Waals surface area contributed by atoms with Crippen molar-refractivity contribution in [3.8, 4) is 0 Å². The summed E-state index contributed by atoms with van der Waals surface area (Å²) in [6.45, 7) is 2.64. The summed E-state index contributed by atoms with van der Waals surface area (Å²) in [6.07, 6.45) is 9.85. The van der Waals surface area contributed by atoms with Gasteiger partial charge in [-0.1, -0.05) is 31.4 Å². The van der Waals surface area contributed by atoms with Gasteiger partial charge in [-0.3, -0.25) is 4.79 Å². The minimum Gasteiger partial charge on any atom is -0.368 e. The van der Waals surface area contributed by atoms with E-state index < -0.39 is 0 Å². The molecule has 0 bridgehead atoms. The SMILES string of the molecule is C/C=C\COCC(=O)NC1CCCCC1. The summed E-state index contributed by atoms with van der Waals surface area (Å²) >= 11 is 0. The summed E-state index contributed by atoms with van der Waals surface area (Å²) in [5.41, 5.74) is 0. The van der Waals surface area contributed by atoms with Crippen LogP contribution in [0, 0.1) is 0 Å². The van der Waals surface area contributed by atoms with Crippen LogP contribution >= 0.6 is 0 Å². The van der Waals surface area contributed by atoms with Gasteiger partial charge >= 0.3 is 0 Å². The van der Waals surface area contributed by atoms with Gasteiger partial charge in [0.25, 0.3) is 0 Å². The molecule has 1 amide bonds. The average Bonchev–Trinajstić information content (AvgIpc) is 2.26. The number of carbonyl (C=O) groups is 1. The minimum absolute atomic E-state index is 0.0198. The number of amides is 1. The maximum absolute atomic E-state index is 11.4. The van der Waals surface area contributed by atoms with Gasteiger partial charge in [0.15, 0.2) is 0 Å². The van der Waals surface area contributed by atoms with Crippen molar-refractivity contribution < 1.29 is 9.53 Å². The van der Waals surface area contributed by atoms with Gasteiger partial charge in [-0.05, 0) is 19.8 Å². The lowest BCUT2D eigenvalue weighted by atomic mass is 9.95. The molecule has 1 rings (SSSR count). The number of nitrogens with one attached hydrogen (secondary N) is 1. The molecule has 1 fully saturated rings. The first-order valence-corrected chi connectivity index (χ1v) is 5.81. The first-order valence-electron chi connectivity index (χ1n) is 5.81. The van der Waals surface area contributed by atoms with Gasteiger partial charge in [-0.25, -0.2) is 0 Å². The van der Waals surface area contributed by atoms with Crippen molar-refractivity contribution in [2.24, 2.45) is 0 Å². The second-order valence-electron chi connectivity index (χ2n) is 3.99. The molecule has 1 aliphatic carbocycles. The van der Waals surface area contributed by atoms with Crippen LogP contribution in [0.4, 0.5) is 0 Å². The van der Waals surface area contributed by atoms with Crippen LogP contribution < -0.4 is 5.32 Å². The molecule has 15 heavy (non-hydrogen) atoms. The van der Waals surface area contributed by atoms with Crippen LogP contribution in [-0.4, -0.2) is 25.2 Å². The van der Waals surface area contributed by atoms with Crippen molar-refractivity contribution in [2.45, 2.75) is 45.1 Å². The number of allylic oxidation sites excluding steroid dienone is 1. The Morgan fingerprint density at radius 3 is 2.80 bits per heavy atom. The summed E-state index contributed by atoms with van der Waals surface area (Å²) in [5, 5.41) is 3.01. The molecule has 0 saturated heterocycles. The predicted octanol–water partition coefficient (Wildman–Crippen LogP) is 2.03. The van der Waals surface area contributed by atoms with Crippen LogP contribution in [0.1, 0.15) is 39.0 Å². The second-order valence-corrected chi connectivity index (χ2v) is 3.99. The van der Waals surface area contributed by atoms with E-state index >= 15 is 0 Å². The molecule has 0 spiro atoms. The third-order valence-electron chi connectivity index (χ3n) is 2.65. The lowest BCUT2D eigenvalue weighted by Crippen LogP contribution is -2.38. The van der Waals surface area contributed by atoms with Crippen LogP contribution in [0.15, 0.2) is 12.2 Å². The largest absolute Gasteiger partial charge is 0.368 e. The molecule has 0 atom stereocenters. The summed E-state index contributed by atoms with van der Waals surface area (Å²) < 4.78 is 5.18. The zero-order valence-electron chi connectivity index (χ0n) is 9.50. The number of carbonyl (C=O) groups excluding carboxylic acids is 1. The molecule has 0 unspecified atom stereocenters. The Bertz CT molecular complexity index is 208. The molecule has 0 aromatic heterocycles. The van der Waals surface area contributed by atoms with E-state index in [9.17, 15) is 4.79 Å². The van der Waals surface area contributed by atoms with Gasteiger partial charge in [-0.15, -0.1) is 0 Å². The fraction of sp³-hybridized carbons (Fsp3) is 0.750. The molecule has 1 N–H and O–H groups in total. The van der Waals surface area contributed by atoms with E-state index in [4.69, 9.17) is 4.74 Å². The van der Waals surface area contributed by atoms with Gasteiger partial charge in [0.05, 0.1) is 6.61 Å². The minimum atomic E-state index is 0.0198. The number of hydrogen-bond donors (Lipinski definition) is 1. The maximum Gasteiger partial charge on any atom is 0.246 e. The molecule has 0 aromatic carbocycles. The third kappa shape index (κ3) is 5.57. The normalized spacial score (nSPS) is 18.2. The standard InChI is InChI=1S/C12H21NO2/c1-2-3-9-15-10-12(14)13-11-7-5-4-6-8-11/h2-3,11H,4-10H2,1H3,(H,13,14)/b3-2-. The van der Waals surface area contributed by atoms with Gasteiger partial charge in [0.2, 0.25) is 5.91 Å². The third-order valence-corrected chi connectivity index (χ3v) is 2.65. The van der Waals surface area contributed by atoms with Crippen molar-refractivity contribution in [1.29, 1.82) is 0 Å². The highest BCUT2D eigenvalue weighted by Crippen LogP contribution is 2.17. The highest BCUT2D eigenvalue weighted by molar-refractivity contribution is 5.77. The van der Waals surface area contributed by atoms with E-state index in [1.54, 1.807) is 0 Å². The lowest BCUT2D eigenvalue weighted by Gasteiger charge is -2.22. The fourth-order valence-corrected chi connectivity index (χ4v) is 1.83. The van der Waals surface area contributed by atoms with Crippen LogP contribution in [0.5, 0.6) is 0 Å². The topological polar surface area (TPSA) is 38.3 Å². The molecule has 0 aliphatic heterocycles. The summed E-state index contributed by atoms with van der Waals surface area (Å²) in [7, 11) is 0. The molecule has 86 valence electrons. The average molecular weight is 211 g/mol. The zero-order valence-corrected chi connectivity index (χ0v) is 9.50. The smallest absolute Gasteiger partial charge is 0.246 e. The first-order chi connectivity index (χ1) is 7.33. The van der Waals surface area contributed by atoms with E-state index in [1.807, 2.05) is 19.1 Å². The van der Waals surface area contributed by atoms with E-state index in [-0.39, 0.29) is 12.5 Å². The van der Waals surface area contributed by atoms with Crippen LogP contribution in [-0.2, 0) is 9.53 Å². The summed E-state index contributed by atoms with van der Waals surface area (Å²) in [6, 6.07) is 0.386. The zero-order chi connectivity index (χ0) is 10.9. The summed E-state index contributed by atoms with van der Waals surface area (Å²) in [4.78, 5) is 11.4. The summed E-state index contributed by atoms with van der Waals surface area (Å²) in [5.74, 6) is 0.0198. The Hall–Kier alpha value is -0.830. The molecule has 3 nitrogen and oxygen atoms in total. The maximum atomic E-state index is 11.4. The molecular formula is C12H21NO2. The van der Waals surface area contributed by atoms with Crippen molar-refractivity contribution in [1.82, 2.24) is 5.32 Å². The highest BCUT2D eigenvalue weighted by Gasteiger charge is 2.15. The first kappa shape index (κ1) is 12.2. The predicted molar refractivity (Wildman–Crippen MR) is 60.6 cm³/mol. The molecule has 1 saturated carbocycles. The monoisotopic (exact) mass is 211 g/mol. The van der Waals surface area contributed by atoms with E-state index in [0.717, 1.165) is 12.8 Å². The van der Waals surface area contributed by atoms with Crippen molar-refractivity contribution in [2.75, 3.05) is 13.2 Å². The Balaban J connectivity index is 2.06. The quantitative estimate of drug-likeness (QED) is 0.558. The van der Waals surface area contributed by atoms with Crippen LogP contribution in [0.25, 0.3) is 0 Å². The Labute approximate surface area is 91.9 Å². The van der Waals surface area contributed by atoms with E-state index in [0.29, 0.717) is 12.6 Å². The van der Waals surface area contributed by atoms with Gasteiger partial charge in [0, 0.05) is 6.04 Å². The fourth-order valence-electron chi connectivity index (χ4n) is 1.83. The molecule has 3 heteroatoms. The molecule has 0 heterocycles. The van der Waals surface area contributed by atoms with Crippen molar-refractivity contribution >= 4 is 5.91 Å². The second kappa shape index (κ2) is 7.46. The number of ether oxygens (including phenoxy) is 1. The Morgan fingerprint density at radius 2 is 2.13 bits per heavy atom. The van der Waals surface area contributed by atoms with Crippen LogP contribution in [0.2, 0.25) is 0 Å². The number of hydrogen-bond acceptors (Lipinski definition) is 2. The highest BCUT2D eigenvalue weighted by atomic mass is 16.5.